The summed E-state index contributed by atoms with van der Waals surface area (Å²) < 4.78 is 28.8. The Labute approximate surface area is 202 Å². The highest BCUT2D eigenvalue weighted by atomic mass is 19.1. The number of carbonyl (C=O) groups excluding carboxylic acids is 1. The van der Waals surface area contributed by atoms with E-state index in [0.717, 1.165) is 43.6 Å². The Bertz CT molecular complexity index is 1220. The SMILES string of the molecule is CC(C(=O)N1CCCCC1)c1ccc(Nc2nc(-c3c(F)cccc3F)nc3c2C(O)NC3)cc1. The summed E-state index contributed by atoms with van der Waals surface area (Å²) in [5.41, 5.74) is 2.13. The van der Waals surface area contributed by atoms with Crippen molar-refractivity contribution < 1.29 is 18.7 Å². The lowest BCUT2D eigenvalue weighted by Gasteiger charge is -2.29. The Kier molecular flexibility index (Phi) is 6.44. The van der Waals surface area contributed by atoms with Gasteiger partial charge in [-0.3, -0.25) is 10.1 Å². The molecule has 0 saturated carbocycles. The van der Waals surface area contributed by atoms with Crippen LogP contribution < -0.4 is 10.6 Å². The minimum absolute atomic E-state index is 0.102. The first-order chi connectivity index (χ1) is 16.9. The standard InChI is InChI=1S/C26H27F2N5O2/c1-15(26(35)33-12-3-2-4-13-33)16-8-10-17(11-9-16)30-24-22-20(14-29-25(22)34)31-23(32-24)21-18(27)6-5-7-19(21)28/h5-11,15,25,29,34H,2-4,12-14H2,1H3,(H,30,31,32). The average molecular weight is 480 g/mol. The summed E-state index contributed by atoms with van der Waals surface area (Å²) in [7, 11) is 0. The maximum atomic E-state index is 14.4. The number of amides is 1. The van der Waals surface area contributed by atoms with Crippen LogP contribution in [0.4, 0.5) is 20.3 Å². The third-order valence-corrected chi connectivity index (χ3v) is 6.66. The van der Waals surface area contributed by atoms with Crippen LogP contribution in [-0.2, 0) is 11.3 Å². The molecule has 1 fully saturated rings. The number of nitrogens with one attached hydrogen (secondary N) is 2. The van der Waals surface area contributed by atoms with Gasteiger partial charge in [0.15, 0.2) is 5.82 Å². The number of hydrogen-bond acceptors (Lipinski definition) is 6. The van der Waals surface area contributed by atoms with Gasteiger partial charge in [-0.05, 0) is 56.0 Å². The van der Waals surface area contributed by atoms with Gasteiger partial charge >= 0.3 is 0 Å². The Morgan fingerprint density at radius 3 is 2.46 bits per heavy atom. The number of fused-ring (bicyclic) bond motifs is 1. The van der Waals surface area contributed by atoms with Gasteiger partial charge in [-0.2, -0.15) is 0 Å². The van der Waals surface area contributed by atoms with Gasteiger partial charge in [-0.25, -0.2) is 18.7 Å². The third-order valence-electron chi connectivity index (χ3n) is 6.66. The maximum absolute atomic E-state index is 14.4. The second-order valence-electron chi connectivity index (χ2n) is 8.99. The van der Waals surface area contributed by atoms with Gasteiger partial charge in [0.2, 0.25) is 5.91 Å². The van der Waals surface area contributed by atoms with Crippen molar-refractivity contribution in [1.82, 2.24) is 20.2 Å². The van der Waals surface area contributed by atoms with E-state index in [1.54, 1.807) is 0 Å². The van der Waals surface area contributed by atoms with E-state index in [1.165, 1.54) is 12.5 Å². The van der Waals surface area contributed by atoms with Crippen LogP contribution in [0.1, 0.15) is 55.2 Å². The van der Waals surface area contributed by atoms with Crippen LogP contribution in [0.3, 0.4) is 0 Å². The van der Waals surface area contributed by atoms with Crippen LogP contribution >= 0.6 is 0 Å². The molecular weight excluding hydrogens is 452 g/mol. The Balaban J connectivity index is 1.42. The summed E-state index contributed by atoms with van der Waals surface area (Å²) in [5.74, 6) is -1.50. The number of anilines is 2. The molecule has 2 aliphatic rings. The molecule has 2 aromatic carbocycles. The zero-order chi connectivity index (χ0) is 24.5. The predicted octanol–water partition coefficient (Wildman–Crippen LogP) is 4.38. The number of piperidine rings is 1. The largest absolute Gasteiger partial charge is 0.374 e. The van der Waals surface area contributed by atoms with Gasteiger partial charge in [0.1, 0.15) is 23.7 Å². The molecule has 182 valence electrons. The first kappa shape index (κ1) is 23.3. The second kappa shape index (κ2) is 9.67. The molecule has 0 bridgehead atoms. The molecule has 7 nitrogen and oxygen atoms in total. The molecule has 2 atom stereocenters. The molecule has 35 heavy (non-hydrogen) atoms. The van der Waals surface area contributed by atoms with Crippen molar-refractivity contribution in [2.24, 2.45) is 0 Å². The van der Waals surface area contributed by atoms with E-state index in [4.69, 9.17) is 0 Å². The van der Waals surface area contributed by atoms with E-state index in [0.29, 0.717) is 16.9 Å². The number of rotatable bonds is 5. The predicted molar refractivity (Wildman–Crippen MR) is 128 cm³/mol. The van der Waals surface area contributed by atoms with Crippen molar-refractivity contribution in [3.8, 4) is 11.4 Å². The van der Waals surface area contributed by atoms with Gasteiger partial charge in [-0.15, -0.1) is 0 Å². The average Bonchev–Trinajstić information content (AvgIpc) is 3.25. The molecular formula is C26H27F2N5O2. The third kappa shape index (κ3) is 4.61. The number of halogens is 2. The van der Waals surface area contributed by atoms with Crippen LogP contribution in [0, 0.1) is 11.6 Å². The topological polar surface area (TPSA) is 90.4 Å². The molecule has 2 aliphatic heterocycles. The number of carbonyl (C=O) groups is 1. The van der Waals surface area contributed by atoms with Gasteiger partial charge in [0, 0.05) is 25.3 Å². The monoisotopic (exact) mass is 479 g/mol. The minimum atomic E-state index is -1.01. The molecule has 0 radical (unpaired) electrons. The van der Waals surface area contributed by atoms with Crippen molar-refractivity contribution in [2.75, 3.05) is 18.4 Å². The van der Waals surface area contributed by atoms with Gasteiger partial charge in [-0.1, -0.05) is 18.2 Å². The van der Waals surface area contributed by atoms with Crippen molar-refractivity contribution in [3.05, 3.63) is 70.9 Å². The van der Waals surface area contributed by atoms with E-state index < -0.39 is 17.9 Å². The fraction of sp³-hybridized carbons (Fsp3) is 0.346. The van der Waals surface area contributed by atoms with Crippen LogP contribution in [0.15, 0.2) is 42.5 Å². The molecule has 9 heteroatoms. The number of aliphatic hydroxyl groups is 1. The van der Waals surface area contributed by atoms with Crippen LogP contribution in [0.2, 0.25) is 0 Å². The second-order valence-corrected chi connectivity index (χ2v) is 8.99. The molecule has 3 aromatic rings. The van der Waals surface area contributed by atoms with Crippen molar-refractivity contribution >= 4 is 17.4 Å². The lowest BCUT2D eigenvalue weighted by atomic mass is 9.98. The number of nitrogens with zero attached hydrogens (tertiary/aromatic N) is 3. The van der Waals surface area contributed by atoms with Gasteiger partial charge in [0.05, 0.1) is 22.7 Å². The highest BCUT2D eigenvalue weighted by Gasteiger charge is 2.29. The first-order valence-electron chi connectivity index (χ1n) is 11.8. The van der Waals surface area contributed by atoms with E-state index in [2.05, 4.69) is 20.6 Å². The fourth-order valence-electron chi connectivity index (χ4n) is 4.67. The summed E-state index contributed by atoms with van der Waals surface area (Å²) >= 11 is 0. The highest BCUT2D eigenvalue weighted by molar-refractivity contribution is 5.83. The maximum Gasteiger partial charge on any atom is 0.229 e. The molecule has 3 N–H and O–H groups in total. The summed E-state index contributed by atoms with van der Waals surface area (Å²) in [6.45, 7) is 3.77. The van der Waals surface area contributed by atoms with Crippen LogP contribution in [-0.4, -0.2) is 39.0 Å². The lowest BCUT2D eigenvalue weighted by Crippen LogP contribution is -2.38. The van der Waals surface area contributed by atoms with E-state index in [9.17, 15) is 18.7 Å². The molecule has 1 amide bonds. The van der Waals surface area contributed by atoms with Crippen LogP contribution in [0.25, 0.3) is 11.4 Å². The highest BCUT2D eigenvalue weighted by Crippen LogP contribution is 2.34. The fourth-order valence-corrected chi connectivity index (χ4v) is 4.67. The summed E-state index contributed by atoms with van der Waals surface area (Å²) in [6, 6.07) is 11.0. The smallest absolute Gasteiger partial charge is 0.229 e. The van der Waals surface area contributed by atoms with Crippen molar-refractivity contribution in [1.29, 1.82) is 0 Å². The summed E-state index contributed by atoms with van der Waals surface area (Å²) in [5, 5.41) is 16.4. The molecule has 1 saturated heterocycles. The molecule has 5 rings (SSSR count). The number of aliphatic hydroxyl groups excluding tert-OH is 1. The molecule has 1 aromatic heterocycles. The normalized spacial score (nSPS) is 18.3. The Morgan fingerprint density at radius 1 is 1.09 bits per heavy atom. The quantitative estimate of drug-likeness (QED) is 0.503. The van der Waals surface area contributed by atoms with Crippen molar-refractivity contribution in [2.45, 2.75) is 44.9 Å². The first-order valence-corrected chi connectivity index (χ1v) is 11.8. The van der Waals surface area contributed by atoms with E-state index in [1.807, 2.05) is 36.1 Å². The Morgan fingerprint density at radius 2 is 1.77 bits per heavy atom. The Hall–Kier alpha value is -3.43. The summed E-state index contributed by atoms with van der Waals surface area (Å²) in [4.78, 5) is 23.5. The number of benzene rings is 2. The van der Waals surface area contributed by atoms with Gasteiger partial charge in [0.25, 0.3) is 0 Å². The molecule has 0 aliphatic carbocycles. The molecule has 3 heterocycles. The van der Waals surface area contributed by atoms with E-state index >= 15 is 0 Å². The molecule has 0 spiro atoms. The van der Waals surface area contributed by atoms with Crippen molar-refractivity contribution in [3.63, 3.8) is 0 Å². The number of hydrogen-bond donors (Lipinski definition) is 3. The number of likely N-dealkylation sites (tertiary alicyclic amines) is 1. The zero-order valence-electron chi connectivity index (χ0n) is 19.4. The van der Waals surface area contributed by atoms with Crippen LogP contribution in [0.5, 0.6) is 0 Å². The lowest BCUT2D eigenvalue weighted by molar-refractivity contribution is -0.133. The zero-order valence-corrected chi connectivity index (χ0v) is 19.4. The van der Waals surface area contributed by atoms with Gasteiger partial charge < -0.3 is 15.3 Å². The molecule has 2 unspecified atom stereocenters. The number of aromatic nitrogens is 2. The minimum Gasteiger partial charge on any atom is -0.374 e. The summed E-state index contributed by atoms with van der Waals surface area (Å²) in [6.07, 6.45) is 2.25. The van der Waals surface area contributed by atoms with E-state index in [-0.39, 0.29) is 35.6 Å².